The minimum atomic E-state index is -0.878. The van der Waals surface area contributed by atoms with E-state index in [1.54, 1.807) is 20.8 Å². The lowest BCUT2D eigenvalue weighted by atomic mass is 9.86. The molecular weight excluding hydrogens is 458 g/mol. The van der Waals surface area contributed by atoms with Crippen molar-refractivity contribution in [2.24, 2.45) is 11.7 Å². The van der Waals surface area contributed by atoms with Gasteiger partial charge in [-0.1, -0.05) is 19.1 Å². The molecule has 2 fully saturated rings. The number of likely N-dealkylation sites (N-methyl/N-ethyl adjacent to an activating group) is 1. The Morgan fingerprint density at radius 2 is 1.67 bits per heavy atom. The molecule has 2 heterocycles. The summed E-state index contributed by atoms with van der Waals surface area (Å²) < 4.78 is 5.60. The minimum Gasteiger partial charge on any atom is -0.444 e. The number of rotatable bonds is 6. The lowest BCUT2D eigenvalue weighted by molar-refractivity contribution is -0.134. The van der Waals surface area contributed by atoms with Crippen LogP contribution in [0.25, 0.3) is 0 Å². The van der Waals surface area contributed by atoms with Crippen molar-refractivity contribution in [3.63, 3.8) is 0 Å². The van der Waals surface area contributed by atoms with E-state index in [9.17, 15) is 14.4 Å². The first-order chi connectivity index (χ1) is 16.9. The number of piperazine rings is 1. The maximum absolute atomic E-state index is 13.4. The van der Waals surface area contributed by atoms with Gasteiger partial charge >= 0.3 is 6.09 Å². The molecule has 1 aromatic rings. The standard InChI is InChI=1S/C27H43N5O4/c1-18-7-8-19(2)32(26(35)36-27(3,4)5)23(18)25(34)29-22(24(28)33)17-20-9-11-21(12-10-20)31-15-13-30(6)14-16-31/h9-12,18-19,22-23H,7-8,13-17H2,1-6H3,(H2,28,33)(H,29,34)/t18-,19+,22+,23+/m1/s1. The van der Waals surface area contributed by atoms with Crippen molar-refractivity contribution in [2.45, 2.75) is 77.6 Å². The summed E-state index contributed by atoms with van der Waals surface area (Å²) in [5, 5.41) is 2.84. The maximum atomic E-state index is 13.4. The van der Waals surface area contributed by atoms with Gasteiger partial charge in [-0.2, -0.15) is 0 Å². The average molecular weight is 502 g/mol. The van der Waals surface area contributed by atoms with E-state index >= 15 is 0 Å². The second kappa shape index (κ2) is 11.5. The predicted octanol–water partition coefficient (Wildman–Crippen LogP) is 2.38. The number of nitrogens with one attached hydrogen (secondary N) is 1. The highest BCUT2D eigenvalue weighted by atomic mass is 16.6. The minimum absolute atomic E-state index is 0.0786. The number of benzene rings is 1. The van der Waals surface area contributed by atoms with Crippen LogP contribution in [-0.2, 0) is 20.7 Å². The largest absolute Gasteiger partial charge is 0.444 e. The van der Waals surface area contributed by atoms with E-state index in [-0.39, 0.29) is 24.3 Å². The van der Waals surface area contributed by atoms with Crippen LogP contribution in [0.3, 0.4) is 0 Å². The van der Waals surface area contributed by atoms with E-state index in [0.717, 1.165) is 50.3 Å². The number of likely N-dealkylation sites (tertiary alicyclic amines) is 1. The van der Waals surface area contributed by atoms with Crippen LogP contribution >= 0.6 is 0 Å². The van der Waals surface area contributed by atoms with Gasteiger partial charge in [0.15, 0.2) is 0 Å². The zero-order valence-corrected chi connectivity index (χ0v) is 22.6. The number of ether oxygens (including phenoxy) is 1. The number of nitrogens with two attached hydrogens (primary N) is 1. The molecule has 200 valence electrons. The van der Waals surface area contributed by atoms with Gasteiger partial charge in [0.25, 0.3) is 0 Å². The molecule has 0 bridgehead atoms. The topological polar surface area (TPSA) is 108 Å². The number of primary amides is 1. The summed E-state index contributed by atoms with van der Waals surface area (Å²) in [4.78, 5) is 44.9. The molecule has 3 rings (SSSR count). The SMILES string of the molecule is C[C@@H]1CC[C@H](C)N(C(=O)OC(C)(C)C)[C@@H]1C(=O)N[C@@H](Cc1ccc(N2CCN(C)CC2)cc1)C(N)=O. The monoisotopic (exact) mass is 501 g/mol. The van der Waals surface area contributed by atoms with Crippen molar-refractivity contribution in [3.8, 4) is 0 Å². The highest BCUT2D eigenvalue weighted by Gasteiger charge is 2.43. The molecule has 3 amide bonds. The van der Waals surface area contributed by atoms with Gasteiger partial charge in [0.2, 0.25) is 11.8 Å². The van der Waals surface area contributed by atoms with Gasteiger partial charge in [0.1, 0.15) is 17.7 Å². The molecule has 0 spiro atoms. The first-order valence-electron chi connectivity index (χ1n) is 13.0. The van der Waals surface area contributed by atoms with Crippen LogP contribution in [0.4, 0.5) is 10.5 Å². The molecule has 2 aliphatic heterocycles. The summed E-state index contributed by atoms with van der Waals surface area (Å²) >= 11 is 0. The quantitative estimate of drug-likeness (QED) is 0.620. The van der Waals surface area contributed by atoms with Crippen molar-refractivity contribution in [1.29, 1.82) is 0 Å². The third-order valence-electron chi connectivity index (χ3n) is 7.13. The van der Waals surface area contributed by atoms with E-state index in [1.165, 1.54) is 4.90 Å². The fourth-order valence-corrected chi connectivity index (χ4v) is 4.97. The number of piperidine rings is 1. The van der Waals surface area contributed by atoms with Crippen molar-refractivity contribution in [1.82, 2.24) is 15.1 Å². The Labute approximate surface area is 215 Å². The summed E-state index contributed by atoms with van der Waals surface area (Å²) in [6.07, 6.45) is 1.35. The molecular formula is C27H43N5O4. The molecule has 9 nitrogen and oxygen atoms in total. The van der Waals surface area contributed by atoms with Gasteiger partial charge in [0.05, 0.1) is 0 Å². The van der Waals surface area contributed by atoms with E-state index in [4.69, 9.17) is 10.5 Å². The smallest absolute Gasteiger partial charge is 0.411 e. The van der Waals surface area contributed by atoms with Crippen LogP contribution in [0.2, 0.25) is 0 Å². The van der Waals surface area contributed by atoms with E-state index < -0.39 is 29.7 Å². The Morgan fingerprint density at radius 1 is 1.06 bits per heavy atom. The van der Waals surface area contributed by atoms with Crippen LogP contribution in [0.1, 0.15) is 53.0 Å². The van der Waals surface area contributed by atoms with E-state index in [0.29, 0.717) is 0 Å². The van der Waals surface area contributed by atoms with Gasteiger partial charge in [0, 0.05) is 44.3 Å². The number of carbonyl (C=O) groups excluding carboxylic acids is 3. The van der Waals surface area contributed by atoms with Gasteiger partial charge in [-0.15, -0.1) is 0 Å². The van der Waals surface area contributed by atoms with Crippen molar-refractivity contribution < 1.29 is 19.1 Å². The van der Waals surface area contributed by atoms with E-state index in [1.807, 2.05) is 26.0 Å². The Hall–Kier alpha value is -2.81. The number of carbonyl (C=O) groups is 3. The number of hydrogen-bond donors (Lipinski definition) is 2. The van der Waals surface area contributed by atoms with Gasteiger partial charge in [-0.3, -0.25) is 14.5 Å². The highest BCUT2D eigenvalue weighted by molar-refractivity contribution is 5.91. The third kappa shape index (κ3) is 7.12. The molecule has 0 aromatic heterocycles. The summed E-state index contributed by atoms with van der Waals surface area (Å²) in [6.45, 7) is 13.3. The fraction of sp³-hybridized carbons (Fsp3) is 0.667. The number of nitrogens with zero attached hydrogens (tertiary/aromatic N) is 3. The Bertz CT molecular complexity index is 921. The summed E-state index contributed by atoms with van der Waals surface area (Å²) in [7, 11) is 2.13. The van der Waals surface area contributed by atoms with Crippen molar-refractivity contribution in [2.75, 3.05) is 38.1 Å². The van der Waals surface area contributed by atoms with Crippen LogP contribution < -0.4 is 16.0 Å². The normalized spacial score (nSPS) is 24.2. The molecule has 3 N–H and O–H groups in total. The molecule has 0 unspecified atom stereocenters. The maximum Gasteiger partial charge on any atom is 0.411 e. The van der Waals surface area contributed by atoms with Gasteiger partial charge < -0.3 is 25.6 Å². The number of amides is 3. The second-order valence-corrected chi connectivity index (χ2v) is 11.4. The third-order valence-corrected chi connectivity index (χ3v) is 7.13. The lowest BCUT2D eigenvalue weighted by Crippen LogP contribution is -2.61. The van der Waals surface area contributed by atoms with Crippen molar-refractivity contribution >= 4 is 23.6 Å². The molecule has 9 heteroatoms. The molecule has 0 radical (unpaired) electrons. The Morgan fingerprint density at radius 3 is 2.22 bits per heavy atom. The molecule has 0 saturated carbocycles. The summed E-state index contributed by atoms with van der Waals surface area (Å²) in [5.74, 6) is -1.06. The summed E-state index contributed by atoms with van der Waals surface area (Å²) in [6, 6.07) is 6.30. The van der Waals surface area contributed by atoms with Crippen LogP contribution in [0.5, 0.6) is 0 Å². The Balaban J connectivity index is 1.70. The van der Waals surface area contributed by atoms with E-state index in [2.05, 4.69) is 34.3 Å². The molecule has 2 saturated heterocycles. The molecule has 2 aliphatic rings. The van der Waals surface area contributed by atoms with Crippen LogP contribution in [-0.4, -0.2) is 84.7 Å². The second-order valence-electron chi connectivity index (χ2n) is 11.4. The fourth-order valence-electron chi connectivity index (χ4n) is 4.97. The van der Waals surface area contributed by atoms with Crippen molar-refractivity contribution in [3.05, 3.63) is 29.8 Å². The highest BCUT2D eigenvalue weighted by Crippen LogP contribution is 2.30. The zero-order chi connectivity index (χ0) is 26.6. The summed E-state index contributed by atoms with van der Waals surface area (Å²) in [5.41, 5.74) is 7.07. The molecule has 0 aliphatic carbocycles. The predicted molar refractivity (Wildman–Crippen MR) is 141 cm³/mol. The molecule has 1 aromatic carbocycles. The number of hydrogen-bond acceptors (Lipinski definition) is 6. The van der Waals surface area contributed by atoms with Crippen LogP contribution in [0, 0.1) is 5.92 Å². The number of anilines is 1. The first kappa shape index (κ1) is 27.8. The van der Waals surface area contributed by atoms with Gasteiger partial charge in [-0.25, -0.2) is 4.79 Å². The molecule has 36 heavy (non-hydrogen) atoms. The zero-order valence-electron chi connectivity index (χ0n) is 22.6. The Kier molecular flexibility index (Phi) is 8.87. The average Bonchev–Trinajstić information content (AvgIpc) is 2.79. The lowest BCUT2D eigenvalue weighted by Gasteiger charge is -2.43. The first-order valence-corrected chi connectivity index (χ1v) is 13.0. The van der Waals surface area contributed by atoms with Gasteiger partial charge in [-0.05, 0) is 71.2 Å². The van der Waals surface area contributed by atoms with Crippen LogP contribution in [0.15, 0.2) is 24.3 Å². The molecule has 4 atom stereocenters.